The van der Waals surface area contributed by atoms with E-state index in [1.165, 1.54) is 0 Å². The van der Waals surface area contributed by atoms with E-state index in [1.54, 1.807) is 0 Å². The Kier molecular flexibility index (Phi) is 8.96. The highest BCUT2D eigenvalue weighted by Crippen LogP contribution is 2.05. The van der Waals surface area contributed by atoms with E-state index in [0.29, 0.717) is 44.8 Å². The average Bonchev–Trinajstić information content (AvgIpc) is 2.50. The van der Waals surface area contributed by atoms with Crippen LogP contribution in [0.3, 0.4) is 0 Å². The highest BCUT2D eigenvalue weighted by Gasteiger charge is 2.07. The Morgan fingerprint density at radius 2 is 1.55 bits per heavy atom. The first-order valence-corrected chi connectivity index (χ1v) is 7.93. The molecule has 0 atom stereocenters. The first kappa shape index (κ1) is 18.2. The molecule has 0 heterocycles. The summed E-state index contributed by atoms with van der Waals surface area (Å²) in [5.74, 6) is -0.0406. The van der Waals surface area contributed by atoms with Gasteiger partial charge >= 0.3 is 11.9 Å². The molecule has 4 heteroatoms. The second-order valence-electron chi connectivity index (χ2n) is 5.74. The molecule has 0 aliphatic rings. The maximum atomic E-state index is 11.6. The SMILES string of the molecule is CC(C)COC(=O)CCCCC(=O)OCCc1ccccc1. The monoisotopic (exact) mass is 306 g/mol. The molecule has 0 saturated heterocycles. The van der Waals surface area contributed by atoms with Gasteiger partial charge in [0.05, 0.1) is 13.2 Å². The van der Waals surface area contributed by atoms with Crippen LogP contribution in [0.5, 0.6) is 0 Å². The highest BCUT2D eigenvalue weighted by atomic mass is 16.5. The van der Waals surface area contributed by atoms with Crippen molar-refractivity contribution in [1.82, 2.24) is 0 Å². The van der Waals surface area contributed by atoms with E-state index < -0.39 is 0 Å². The first-order chi connectivity index (χ1) is 10.6. The van der Waals surface area contributed by atoms with E-state index in [1.807, 2.05) is 44.2 Å². The van der Waals surface area contributed by atoms with Crippen molar-refractivity contribution in [2.24, 2.45) is 5.92 Å². The second-order valence-corrected chi connectivity index (χ2v) is 5.74. The van der Waals surface area contributed by atoms with Crippen molar-refractivity contribution in [3.8, 4) is 0 Å². The van der Waals surface area contributed by atoms with Crippen LogP contribution < -0.4 is 0 Å². The molecule has 0 fully saturated rings. The lowest BCUT2D eigenvalue weighted by molar-refractivity contribution is -0.146. The molecule has 0 radical (unpaired) electrons. The lowest BCUT2D eigenvalue weighted by Gasteiger charge is -2.07. The van der Waals surface area contributed by atoms with Gasteiger partial charge in [-0.2, -0.15) is 0 Å². The minimum absolute atomic E-state index is 0.189. The van der Waals surface area contributed by atoms with Crippen LogP contribution in [0.1, 0.15) is 45.1 Å². The summed E-state index contributed by atoms with van der Waals surface area (Å²) in [7, 11) is 0. The topological polar surface area (TPSA) is 52.6 Å². The number of benzene rings is 1. The number of ether oxygens (including phenoxy) is 2. The van der Waals surface area contributed by atoms with Crippen molar-refractivity contribution in [3.05, 3.63) is 35.9 Å². The summed E-state index contributed by atoms with van der Waals surface area (Å²) in [4.78, 5) is 22.9. The van der Waals surface area contributed by atoms with Gasteiger partial charge in [-0.3, -0.25) is 9.59 Å². The molecular formula is C18H26O4. The van der Waals surface area contributed by atoms with Gasteiger partial charge in [-0.25, -0.2) is 0 Å². The molecule has 22 heavy (non-hydrogen) atoms. The fourth-order valence-electron chi connectivity index (χ4n) is 1.87. The summed E-state index contributed by atoms with van der Waals surface area (Å²) < 4.78 is 10.2. The zero-order valence-corrected chi connectivity index (χ0v) is 13.5. The third kappa shape index (κ3) is 9.16. The molecule has 0 aliphatic heterocycles. The molecule has 0 N–H and O–H groups in total. The minimum Gasteiger partial charge on any atom is -0.465 e. The highest BCUT2D eigenvalue weighted by molar-refractivity contribution is 5.70. The smallest absolute Gasteiger partial charge is 0.305 e. The molecule has 0 amide bonds. The Labute approximate surface area is 132 Å². The zero-order valence-electron chi connectivity index (χ0n) is 13.5. The van der Waals surface area contributed by atoms with E-state index in [0.717, 1.165) is 12.0 Å². The van der Waals surface area contributed by atoms with Crippen molar-refractivity contribution in [1.29, 1.82) is 0 Å². The number of carbonyl (C=O) groups excluding carboxylic acids is 2. The summed E-state index contributed by atoms with van der Waals surface area (Å²) >= 11 is 0. The number of esters is 2. The van der Waals surface area contributed by atoms with Crippen molar-refractivity contribution < 1.29 is 19.1 Å². The fourth-order valence-corrected chi connectivity index (χ4v) is 1.87. The maximum Gasteiger partial charge on any atom is 0.305 e. The lowest BCUT2D eigenvalue weighted by Crippen LogP contribution is -2.10. The van der Waals surface area contributed by atoms with Crippen molar-refractivity contribution in [2.75, 3.05) is 13.2 Å². The summed E-state index contributed by atoms with van der Waals surface area (Å²) in [6.45, 7) is 4.86. The predicted molar refractivity (Wildman–Crippen MR) is 85.4 cm³/mol. The van der Waals surface area contributed by atoms with Crippen LogP contribution in [0.4, 0.5) is 0 Å². The molecule has 1 aromatic rings. The van der Waals surface area contributed by atoms with Crippen LogP contribution in [0.2, 0.25) is 0 Å². The van der Waals surface area contributed by atoms with Crippen LogP contribution >= 0.6 is 0 Å². The molecule has 1 aromatic carbocycles. The summed E-state index contributed by atoms with van der Waals surface area (Å²) in [6, 6.07) is 9.92. The number of hydrogen-bond acceptors (Lipinski definition) is 4. The van der Waals surface area contributed by atoms with Crippen molar-refractivity contribution >= 4 is 11.9 Å². The molecule has 122 valence electrons. The van der Waals surface area contributed by atoms with Gasteiger partial charge in [-0.15, -0.1) is 0 Å². The van der Waals surface area contributed by atoms with Crippen molar-refractivity contribution in [3.63, 3.8) is 0 Å². The first-order valence-electron chi connectivity index (χ1n) is 7.93. The number of hydrogen-bond donors (Lipinski definition) is 0. The predicted octanol–water partition coefficient (Wildman–Crippen LogP) is 3.53. The Hall–Kier alpha value is -1.84. The van der Waals surface area contributed by atoms with Crippen LogP contribution in [-0.4, -0.2) is 25.2 Å². The van der Waals surface area contributed by atoms with E-state index in [4.69, 9.17) is 9.47 Å². The quantitative estimate of drug-likeness (QED) is 0.490. The van der Waals surface area contributed by atoms with Gasteiger partial charge in [-0.05, 0) is 24.3 Å². The standard InChI is InChI=1S/C18H26O4/c1-15(2)14-22-18(20)11-7-6-10-17(19)21-13-12-16-8-4-3-5-9-16/h3-5,8-9,15H,6-7,10-14H2,1-2H3. The lowest BCUT2D eigenvalue weighted by atomic mass is 10.2. The Bertz CT molecular complexity index is 440. The second kappa shape index (κ2) is 10.8. The molecule has 0 aliphatic carbocycles. The maximum absolute atomic E-state index is 11.6. The van der Waals surface area contributed by atoms with E-state index in [9.17, 15) is 9.59 Å². The van der Waals surface area contributed by atoms with Crippen LogP contribution in [0.15, 0.2) is 30.3 Å². The van der Waals surface area contributed by atoms with E-state index >= 15 is 0 Å². The van der Waals surface area contributed by atoms with Gasteiger partial charge in [0.15, 0.2) is 0 Å². The van der Waals surface area contributed by atoms with Gasteiger partial charge in [-0.1, -0.05) is 44.2 Å². The van der Waals surface area contributed by atoms with Gasteiger partial charge in [0.25, 0.3) is 0 Å². The van der Waals surface area contributed by atoms with Gasteiger partial charge in [0.2, 0.25) is 0 Å². The van der Waals surface area contributed by atoms with Gasteiger partial charge in [0, 0.05) is 19.3 Å². The minimum atomic E-state index is -0.202. The molecule has 4 nitrogen and oxygen atoms in total. The molecule has 1 rings (SSSR count). The Balaban J connectivity index is 2.00. The van der Waals surface area contributed by atoms with E-state index in [-0.39, 0.29) is 11.9 Å². The summed E-state index contributed by atoms with van der Waals surface area (Å²) in [5, 5.41) is 0. The molecule has 0 spiro atoms. The van der Waals surface area contributed by atoms with Crippen LogP contribution in [0, 0.1) is 5.92 Å². The Morgan fingerprint density at radius 3 is 2.14 bits per heavy atom. The normalized spacial score (nSPS) is 10.5. The number of rotatable bonds is 10. The largest absolute Gasteiger partial charge is 0.465 e. The Morgan fingerprint density at radius 1 is 0.955 bits per heavy atom. The average molecular weight is 306 g/mol. The molecular weight excluding hydrogens is 280 g/mol. The number of carbonyl (C=O) groups is 2. The number of unbranched alkanes of at least 4 members (excludes halogenated alkanes) is 1. The third-order valence-electron chi connectivity index (χ3n) is 3.09. The zero-order chi connectivity index (χ0) is 16.2. The molecule has 0 unspecified atom stereocenters. The van der Waals surface area contributed by atoms with E-state index in [2.05, 4.69) is 0 Å². The fraction of sp³-hybridized carbons (Fsp3) is 0.556. The third-order valence-corrected chi connectivity index (χ3v) is 3.09. The van der Waals surface area contributed by atoms with Crippen LogP contribution in [-0.2, 0) is 25.5 Å². The summed E-state index contributed by atoms with van der Waals surface area (Å²) in [6.07, 6.45) is 2.76. The molecule has 0 saturated carbocycles. The molecule has 0 aromatic heterocycles. The van der Waals surface area contributed by atoms with Gasteiger partial charge < -0.3 is 9.47 Å². The van der Waals surface area contributed by atoms with Crippen molar-refractivity contribution in [2.45, 2.75) is 46.0 Å². The van der Waals surface area contributed by atoms with Crippen LogP contribution in [0.25, 0.3) is 0 Å². The molecule has 0 bridgehead atoms. The summed E-state index contributed by atoms with van der Waals surface area (Å²) in [5.41, 5.74) is 1.16. The van der Waals surface area contributed by atoms with Gasteiger partial charge in [0.1, 0.15) is 0 Å².